The highest BCUT2D eigenvalue weighted by Crippen LogP contribution is 2.26. The molecular formula is C19H19N3O4S. The molecule has 140 valence electrons. The van der Waals surface area contributed by atoms with Gasteiger partial charge in [0.2, 0.25) is 10.0 Å². The van der Waals surface area contributed by atoms with Crippen LogP contribution >= 0.6 is 0 Å². The van der Waals surface area contributed by atoms with E-state index in [-0.39, 0.29) is 10.6 Å². The van der Waals surface area contributed by atoms with Crippen molar-refractivity contribution >= 4 is 16.0 Å². The zero-order valence-electron chi connectivity index (χ0n) is 14.9. The fraction of sp³-hybridized carbons (Fsp3) is 0.158. The molecule has 0 aliphatic rings. The predicted octanol–water partition coefficient (Wildman–Crippen LogP) is 2.75. The molecule has 8 heteroatoms. The number of rotatable bonds is 5. The van der Waals surface area contributed by atoms with Gasteiger partial charge in [-0.05, 0) is 43.7 Å². The van der Waals surface area contributed by atoms with E-state index in [4.69, 9.17) is 9.88 Å². The smallest absolute Gasteiger partial charge is 0.362 e. The third-order valence-corrected chi connectivity index (χ3v) is 4.99. The second kappa shape index (κ2) is 7.34. The van der Waals surface area contributed by atoms with Gasteiger partial charge in [-0.1, -0.05) is 29.8 Å². The van der Waals surface area contributed by atoms with Gasteiger partial charge in [0.1, 0.15) is 5.75 Å². The summed E-state index contributed by atoms with van der Waals surface area (Å²) < 4.78 is 29.6. The first-order chi connectivity index (χ1) is 12.8. The Balaban J connectivity index is 1.92. The van der Waals surface area contributed by atoms with E-state index in [2.05, 4.69) is 5.10 Å². The Morgan fingerprint density at radius 2 is 1.74 bits per heavy atom. The van der Waals surface area contributed by atoms with Gasteiger partial charge in [0.05, 0.1) is 11.1 Å². The van der Waals surface area contributed by atoms with E-state index in [0.29, 0.717) is 17.8 Å². The zero-order chi connectivity index (χ0) is 19.6. The number of aromatic nitrogens is 2. The average molecular weight is 385 g/mol. The van der Waals surface area contributed by atoms with Gasteiger partial charge < -0.3 is 4.74 Å². The number of esters is 1. The van der Waals surface area contributed by atoms with Crippen molar-refractivity contribution in [2.24, 2.45) is 5.14 Å². The minimum absolute atomic E-state index is 0.0544. The van der Waals surface area contributed by atoms with Crippen LogP contribution in [0.15, 0.2) is 59.6 Å². The number of sulfonamides is 1. The maximum Gasteiger partial charge on any atom is 0.362 e. The van der Waals surface area contributed by atoms with Crippen LogP contribution in [0.25, 0.3) is 11.1 Å². The number of carbonyl (C=O) groups is 1. The second-order valence-electron chi connectivity index (χ2n) is 5.99. The van der Waals surface area contributed by atoms with Gasteiger partial charge >= 0.3 is 5.97 Å². The third kappa shape index (κ3) is 4.07. The number of nitrogens with two attached hydrogens (primary N) is 1. The first kappa shape index (κ1) is 18.8. The van der Waals surface area contributed by atoms with Crippen LogP contribution in [0.4, 0.5) is 0 Å². The largest absolute Gasteiger partial charge is 0.422 e. The van der Waals surface area contributed by atoms with Crippen LogP contribution in [0.2, 0.25) is 0 Å². The van der Waals surface area contributed by atoms with Crippen LogP contribution in [0, 0.1) is 6.92 Å². The van der Waals surface area contributed by atoms with Crippen molar-refractivity contribution < 1.29 is 17.9 Å². The number of ether oxygens (including phenoxy) is 1. The first-order valence-corrected chi connectivity index (χ1v) is 9.82. The molecule has 0 amide bonds. The minimum atomic E-state index is -3.80. The molecule has 0 radical (unpaired) electrons. The summed E-state index contributed by atoms with van der Waals surface area (Å²) in [6.07, 6.45) is 1.63. The molecule has 1 heterocycles. The summed E-state index contributed by atoms with van der Waals surface area (Å²) in [5.41, 5.74) is 2.97. The van der Waals surface area contributed by atoms with Crippen molar-refractivity contribution in [3.05, 3.63) is 66.0 Å². The Morgan fingerprint density at radius 3 is 2.30 bits per heavy atom. The lowest BCUT2D eigenvalue weighted by Gasteiger charge is -2.09. The van der Waals surface area contributed by atoms with Gasteiger partial charge in [-0.3, -0.25) is 4.68 Å². The van der Waals surface area contributed by atoms with Crippen molar-refractivity contribution in [3.63, 3.8) is 0 Å². The van der Waals surface area contributed by atoms with E-state index in [1.165, 1.54) is 24.3 Å². The van der Waals surface area contributed by atoms with E-state index in [1.54, 1.807) is 10.9 Å². The molecular weight excluding hydrogens is 366 g/mol. The van der Waals surface area contributed by atoms with Crippen molar-refractivity contribution in [3.8, 4) is 16.9 Å². The molecule has 0 atom stereocenters. The molecule has 0 aliphatic heterocycles. The van der Waals surface area contributed by atoms with E-state index >= 15 is 0 Å². The Kier molecular flexibility index (Phi) is 5.11. The quantitative estimate of drug-likeness (QED) is 0.537. The number of primary sulfonamides is 1. The molecule has 0 saturated heterocycles. The van der Waals surface area contributed by atoms with Gasteiger partial charge in [0.25, 0.3) is 0 Å². The molecule has 3 aromatic rings. The summed E-state index contributed by atoms with van der Waals surface area (Å²) in [5, 5.41) is 9.33. The molecule has 0 aliphatic carbocycles. The van der Waals surface area contributed by atoms with E-state index in [0.717, 1.165) is 11.1 Å². The monoisotopic (exact) mass is 385 g/mol. The number of carbonyl (C=O) groups excluding carboxylic acids is 1. The number of aryl methyl sites for hydroxylation is 2. The summed E-state index contributed by atoms with van der Waals surface area (Å²) >= 11 is 0. The zero-order valence-corrected chi connectivity index (χ0v) is 15.7. The standard InChI is InChI=1S/C19H19N3O4S/c1-3-22-18(17(12-21-22)14-6-4-13(2)5-7-14)19(23)26-15-8-10-16(11-9-15)27(20,24)25/h4-12H,3H2,1-2H3,(H2,20,24,25). The van der Waals surface area contributed by atoms with E-state index < -0.39 is 16.0 Å². The normalized spacial score (nSPS) is 11.4. The maximum atomic E-state index is 12.8. The molecule has 0 spiro atoms. The third-order valence-electron chi connectivity index (χ3n) is 4.06. The highest BCUT2D eigenvalue weighted by Gasteiger charge is 2.21. The maximum absolute atomic E-state index is 12.8. The van der Waals surface area contributed by atoms with E-state index in [9.17, 15) is 13.2 Å². The van der Waals surface area contributed by atoms with Gasteiger partial charge in [-0.25, -0.2) is 18.4 Å². The van der Waals surface area contributed by atoms with Crippen LogP contribution in [0.5, 0.6) is 5.75 Å². The Hall–Kier alpha value is -2.97. The van der Waals surface area contributed by atoms with E-state index in [1.807, 2.05) is 38.1 Å². The lowest BCUT2D eigenvalue weighted by atomic mass is 10.0. The first-order valence-electron chi connectivity index (χ1n) is 8.27. The summed E-state index contributed by atoms with van der Waals surface area (Å²) in [6, 6.07) is 13.1. The lowest BCUT2D eigenvalue weighted by Crippen LogP contribution is -2.16. The molecule has 3 rings (SSSR count). The average Bonchev–Trinajstić information content (AvgIpc) is 3.06. The molecule has 0 saturated carbocycles. The lowest BCUT2D eigenvalue weighted by molar-refractivity contribution is 0.0722. The van der Waals surface area contributed by atoms with Crippen molar-refractivity contribution in [1.29, 1.82) is 0 Å². The van der Waals surface area contributed by atoms with Crippen LogP contribution in [0.3, 0.4) is 0 Å². The van der Waals surface area contributed by atoms with Crippen molar-refractivity contribution in [2.75, 3.05) is 0 Å². The van der Waals surface area contributed by atoms with Gasteiger partial charge in [0, 0.05) is 12.1 Å². The summed E-state index contributed by atoms with van der Waals surface area (Å²) in [7, 11) is -3.80. The predicted molar refractivity (Wildman–Crippen MR) is 101 cm³/mol. The van der Waals surface area contributed by atoms with Gasteiger partial charge in [0.15, 0.2) is 5.69 Å². The minimum Gasteiger partial charge on any atom is -0.422 e. The molecule has 0 bridgehead atoms. The highest BCUT2D eigenvalue weighted by atomic mass is 32.2. The SMILES string of the molecule is CCn1ncc(-c2ccc(C)cc2)c1C(=O)Oc1ccc(S(N)(=O)=O)cc1. The molecule has 0 fully saturated rings. The fourth-order valence-corrected chi connectivity index (χ4v) is 3.15. The number of nitrogens with zero attached hydrogens (tertiary/aromatic N) is 2. The van der Waals surface area contributed by atoms with Crippen LogP contribution in [-0.2, 0) is 16.6 Å². The molecule has 2 aromatic carbocycles. The molecule has 1 aromatic heterocycles. The Bertz CT molecular complexity index is 1070. The summed E-state index contributed by atoms with van der Waals surface area (Å²) in [4.78, 5) is 12.7. The van der Waals surface area contributed by atoms with Gasteiger partial charge in [-0.15, -0.1) is 0 Å². The van der Waals surface area contributed by atoms with Crippen molar-refractivity contribution in [2.45, 2.75) is 25.3 Å². The second-order valence-corrected chi connectivity index (χ2v) is 7.56. The van der Waals surface area contributed by atoms with Crippen LogP contribution in [0.1, 0.15) is 23.0 Å². The van der Waals surface area contributed by atoms with Crippen LogP contribution in [-0.4, -0.2) is 24.2 Å². The Morgan fingerprint density at radius 1 is 1.11 bits per heavy atom. The number of benzene rings is 2. The molecule has 27 heavy (non-hydrogen) atoms. The topological polar surface area (TPSA) is 104 Å². The summed E-state index contributed by atoms with van der Waals surface area (Å²) in [6.45, 7) is 4.36. The number of hydrogen-bond acceptors (Lipinski definition) is 5. The summed E-state index contributed by atoms with van der Waals surface area (Å²) in [5.74, 6) is -0.362. The molecule has 7 nitrogen and oxygen atoms in total. The molecule has 0 unspecified atom stereocenters. The van der Waals surface area contributed by atoms with Crippen LogP contribution < -0.4 is 9.88 Å². The molecule has 2 N–H and O–H groups in total. The Labute approximate surface area is 157 Å². The van der Waals surface area contributed by atoms with Gasteiger partial charge in [-0.2, -0.15) is 5.10 Å². The number of hydrogen-bond donors (Lipinski definition) is 1. The van der Waals surface area contributed by atoms with Crippen molar-refractivity contribution in [1.82, 2.24) is 9.78 Å². The fourth-order valence-electron chi connectivity index (χ4n) is 2.64. The highest BCUT2D eigenvalue weighted by molar-refractivity contribution is 7.89.